The highest BCUT2D eigenvalue weighted by Crippen LogP contribution is 2.21. The smallest absolute Gasteiger partial charge is 0.348 e. The number of rotatable bonds is 5. The molecule has 0 aromatic carbocycles. The van der Waals surface area contributed by atoms with E-state index in [1.165, 1.54) is 6.92 Å². The maximum atomic E-state index is 11.8. The van der Waals surface area contributed by atoms with Crippen LogP contribution in [0.1, 0.15) is 36.7 Å². The molecule has 0 saturated carbocycles. The van der Waals surface area contributed by atoms with E-state index in [1.807, 2.05) is 0 Å². The summed E-state index contributed by atoms with van der Waals surface area (Å²) in [5.41, 5.74) is 0.642. The van der Waals surface area contributed by atoms with Gasteiger partial charge in [-0.3, -0.25) is 14.2 Å². The molecule has 0 amide bonds. The number of nitrogens with zero attached hydrogens (tertiary/aromatic N) is 2. The van der Waals surface area contributed by atoms with E-state index in [9.17, 15) is 14.4 Å². The summed E-state index contributed by atoms with van der Waals surface area (Å²) in [5, 5.41) is 9.10. The molecule has 1 aromatic heterocycles. The Hall–Kier alpha value is -2.18. The lowest BCUT2D eigenvalue weighted by Crippen LogP contribution is -2.32. The monoisotopic (exact) mass is 282 g/mol. The van der Waals surface area contributed by atoms with Crippen molar-refractivity contribution in [3.8, 4) is 0 Å². The number of aliphatic carboxylic acids is 1. The molecule has 1 atom stereocenters. The average Bonchev–Trinajstić information content (AvgIpc) is 2.34. The van der Waals surface area contributed by atoms with Crippen molar-refractivity contribution >= 4 is 11.9 Å². The first-order chi connectivity index (χ1) is 9.29. The first kappa shape index (κ1) is 15.9. The molecule has 0 fully saturated rings. The van der Waals surface area contributed by atoms with E-state index in [0.717, 1.165) is 4.57 Å². The fourth-order valence-electron chi connectivity index (χ4n) is 2.09. The van der Waals surface area contributed by atoms with Gasteiger partial charge >= 0.3 is 17.6 Å². The number of hydrogen-bond acceptors (Lipinski definition) is 5. The van der Waals surface area contributed by atoms with Gasteiger partial charge in [0.15, 0.2) is 0 Å². The van der Waals surface area contributed by atoms with Crippen molar-refractivity contribution < 1.29 is 19.4 Å². The molecule has 110 valence electrons. The summed E-state index contributed by atoms with van der Waals surface area (Å²) < 4.78 is 5.93. The summed E-state index contributed by atoms with van der Waals surface area (Å²) in [6.45, 7) is 6.30. The fourth-order valence-corrected chi connectivity index (χ4v) is 2.09. The van der Waals surface area contributed by atoms with Crippen LogP contribution >= 0.6 is 0 Å². The van der Waals surface area contributed by atoms with Crippen LogP contribution in [0, 0.1) is 13.8 Å². The Labute approximate surface area is 116 Å². The fraction of sp³-hybridized carbons (Fsp3) is 0.538. The maximum absolute atomic E-state index is 11.8. The Bertz CT molecular complexity index is 591. The Morgan fingerprint density at radius 3 is 2.50 bits per heavy atom. The molecule has 20 heavy (non-hydrogen) atoms. The van der Waals surface area contributed by atoms with Crippen LogP contribution in [0.15, 0.2) is 4.79 Å². The van der Waals surface area contributed by atoms with E-state index in [-0.39, 0.29) is 13.2 Å². The van der Waals surface area contributed by atoms with Gasteiger partial charge in [-0.15, -0.1) is 0 Å². The molecule has 0 aliphatic heterocycles. The molecule has 0 aliphatic rings. The van der Waals surface area contributed by atoms with Gasteiger partial charge < -0.3 is 9.84 Å². The molecule has 1 N–H and O–H groups in total. The van der Waals surface area contributed by atoms with E-state index in [1.54, 1.807) is 20.8 Å². The number of hydrogen-bond donors (Lipinski definition) is 1. The van der Waals surface area contributed by atoms with Crippen LogP contribution in [0.2, 0.25) is 0 Å². The van der Waals surface area contributed by atoms with Gasteiger partial charge in [0.1, 0.15) is 6.54 Å². The van der Waals surface area contributed by atoms with Gasteiger partial charge in [-0.1, -0.05) is 0 Å². The Balaban J connectivity index is 3.33. The molecule has 0 spiro atoms. The zero-order valence-electron chi connectivity index (χ0n) is 12.0. The summed E-state index contributed by atoms with van der Waals surface area (Å²) in [6.07, 6.45) is 0. The minimum absolute atomic E-state index is 0.213. The molecule has 0 radical (unpaired) electrons. The summed E-state index contributed by atoms with van der Waals surface area (Å²) in [5.74, 6) is -2.38. The van der Waals surface area contributed by atoms with Crippen molar-refractivity contribution in [1.29, 1.82) is 0 Å². The van der Waals surface area contributed by atoms with E-state index >= 15 is 0 Å². The van der Waals surface area contributed by atoms with Crippen molar-refractivity contribution in [2.75, 3.05) is 6.61 Å². The normalized spacial score (nSPS) is 12.0. The quantitative estimate of drug-likeness (QED) is 0.794. The summed E-state index contributed by atoms with van der Waals surface area (Å²) in [4.78, 5) is 38.2. The van der Waals surface area contributed by atoms with Gasteiger partial charge in [0.05, 0.1) is 12.5 Å². The third-order valence-electron chi connectivity index (χ3n) is 3.07. The van der Waals surface area contributed by atoms with Crippen LogP contribution in [0.5, 0.6) is 0 Å². The lowest BCUT2D eigenvalue weighted by Gasteiger charge is -2.17. The number of ether oxygens (including phenoxy) is 1. The van der Waals surface area contributed by atoms with Gasteiger partial charge in [0, 0.05) is 17.0 Å². The molecule has 1 rings (SSSR count). The number of esters is 1. The predicted molar refractivity (Wildman–Crippen MR) is 70.7 cm³/mol. The van der Waals surface area contributed by atoms with Crippen LogP contribution in [0.3, 0.4) is 0 Å². The van der Waals surface area contributed by atoms with E-state index in [0.29, 0.717) is 17.0 Å². The lowest BCUT2D eigenvalue weighted by molar-refractivity contribution is -0.144. The summed E-state index contributed by atoms with van der Waals surface area (Å²) in [7, 11) is 0. The van der Waals surface area contributed by atoms with Gasteiger partial charge in [-0.05, 0) is 27.7 Å². The highest BCUT2D eigenvalue weighted by molar-refractivity contribution is 5.76. The molecule has 1 heterocycles. The zero-order valence-corrected chi connectivity index (χ0v) is 12.0. The first-order valence-corrected chi connectivity index (χ1v) is 6.25. The second kappa shape index (κ2) is 6.31. The summed E-state index contributed by atoms with van der Waals surface area (Å²) in [6, 6.07) is 0. The van der Waals surface area contributed by atoms with Crippen molar-refractivity contribution in [3.63, 3.8) is 0 Å². The maximum Gasteiger partial charge on any atom is 0.348 e. The number of aryl methyl sites for hydroxylation is 1. The topological polar surface area (TPSA) is 98.5 Å². The SMILES string of the molecule is CCOC(=O)Cn1c(C)c(C(C)C(=O)O)c(C)nc1=O. The lowest BCUT2D eigenvalue weighted by atomic mass is 9.98. The molecule has 7 nitrogen and oxygen atoms in total. The highest BCUT2D eigenvalue weighted by atomic mass is 16.5. The third kappa shape index (κ3) is 3.23. The third-order valence-corrected chi connectivity index (χ3v) is 3.07. The molecule has 0 aliphatic carbocycles. The average molecular weight is 282 g/mol. The van der Waals surface area contributed by atoms with Crippen molar-refractivity contribution in [3.05, 3.63) is 27.4 Å². The van der Waals surface area contributed by atoms with E-state index < -0.39 is 23.5 Å². The van der Waals surface area contributed by atoms with E-state index in [4.69, 9.17) is 9.84 Å². The first-order valence-electron chi connectivity index (χ1n) is 6.25. The molecule has 0 saturated heterocycles. The van der Waals surface area contributed by atoms with Crippen molar-refractivity contribution in [2.45, 2.75) is 40.2 Å². The molecule has 0 bridgehead atoms. The van der Waals surface area contributed by atoms with Crippen LogP contribution in [0.4, 0.5) is 0 Å². The van der Waals surface area contributed by atoms with E-state index in [2.05, 4.69) is 4.98 Å². The summed E-state index contributed by atoms with van der Waals surface area (Å²) >= 11 is 0. The Kier molecular flexibility index (Phi) is 5.01. The number of carboxylic acids is 1. The molecule has 7 heteroatoms. The number of carbonyl (C=O) groups excluding carboxylic acids is 1. The number of aromatic nitrogens is 2. The van der Waals surface area contributed by atoms with Crippen molar-refractivity contribution in [2.24, 2.45) is 0 Å². The minimum Gasteiger partial charge on any atom is -0.481 e. The van der Waals surface area contributed by atoms with Gasteiger partial charge in [0.2, 0.25) is 0 Å². The van der Waals surface area contributed by atoms with Gasteiger partial charge in [-0.2, -0.15) is 4.98 Å². The van der Waals surface area contributed by atoms with Gasteiger partial charge in [-0.25, -0.2) is 4.79 Å². The predicted octanol–water partition coefficient (Wildman–Crippen LogP) is 0.611. The van der Waals surface area contributed by atoms with Crippen LogP contribution in [-0.4, -0.2) is 33.2 Å². The van der Waals surface area contributed by atoms with Crippen molar-refractivity contribution in [1.82, 2.24) is 9.55 Å². The minimum atomic E-state index is -1.01. The van der Waals surface area contributed by atoms with Gasteiger partial charge in [0.25, 0.3) is 0 Å². The Morgan fingerprint density at radius 2 is 2.00 bits per heavy atom. The van der Waals surface area contributed by atoms with Crippen LogP contribution < -0.4 is 5.69 Å². The second-order valence-corrected chi connectivity index (χ2v) is 4.43. The zero-order chi connectivity index (χ0) is 15.4. The molecular weight excluding hydrogens is 264 g/mol. The van der Waals surface area contributed by atoms with Crippen LogP contribution in [-0.2, 0) is 20.9 Å². The second-order valence-electron chi connectivity index (χ2n) is 4.43. The largest absolute Gasteiger partial charge is 0.481 e. The molecule has 1 unspecified atom stereocenters. The number of carbonyl (C=O) groups is 2. The standard InChI is InChI=1S/C13H18N2O5/c1-5-20-10(16)6-15-9(4)11(7(2)12(17)18)8(3)14-13(15)19/h7H,5-6H2,1-4H3,(H,17,18). The Morgan fingerprint density at radius 1 is 1.40 bits per heavy atom. The van der Waals surface area contributed by atoms with Crippen LogP contribution in [0.25, 0.3) is 0 Å². The molecule has 1 aromatic rings. The molecular formula is C13H18N2O5. The number of carboxylic acid groups (broad SMARTS) is 1. The highest BCUT2D eigenvalue weighted by Gasteiger charge is 2.23.